The van der Waals surface area contributed by atoms with E-state index in [0.717, 1.165) is 14.7 Å². The van der Waals surface area contributed by atoms with Crippen LogP contribution in [-0.2, 0) is 24.5 Å². The Bertz CT molecular complexity index is 1790. The van der Waals surface area contributed by atoms with Gasteiger partial charge in [-0.2, -0.15) is 0 Å². The van der Waals surface area contributed by atoms with Crippen molar-refractivity contribution < 1.29 is 24.2 Å². The monoisotopic (exact) mass is 724 g/mol. The van der Waals surface area contributed by atoms with Crippen molar-refractivity contribution in [3.8, 4) is 0 Å². The molecule has 7 nitrogen and oxygen atoms in total. The smallest absolute Gasteiger partial charge is 0.325 e. The normalized spacial score (nSPS) is 27.8. The van der Waals surface area contributed by atoms with Gasteiger partial charge in [0.1, 0.15) is 23.5 Å². The van der Waals surface area contributed by atoms with E-state index in [1.807, 2.05) is 77.7 Å². The van der Waals surface area contributed by atoms with Crippen LogP contribution >= 0.6 is 45.8 Å². The molecule has 1 unspecified atom stereocenters. The van der Waals surface area contributed by atoms with Gasteiger partial charge in [0, 0.05) is 9.26 Å². The molecule has 0 bridgehead atoms. The van der Waals surface area contributed by atoms with E-state index >= 15 is 0 Å². The standard InChI is InChI=1S/C33H23Cl2IN2O5/c34-22-13-11-19(15-23(22)35)29-33(21-16-20(36)12-14-24(21)37-32(33)42)25(30(39)40)27-31(41)43-28(18-9-5-2-6-10-18)26(38(27)29)17-7-3-1-4-8-17/h1-16,25-29H,(H,37,42)(H,39,40)/t25-,26-,27?,28+,29+,33-/m0/s1. The average molecular weight is 725 g/mol. The minimum atomic E-state index is -1.71. The number of carbonyl (C=O) groups excluding carboxylic acids is 2. The van der Waals surface area contributed by atoms with Gasteiger partial charge < -0.3 is 15.2 Å². The Labute approximate surface area is 270 Å². The minimum Gasteiger partial charge on any atom is -0.481 e. The average Bonchev–Trinajstić information content (AvgIpc) is 3.48. The zero-order valence-electron chi connectivity index (χ0n) is 22.3. The number of nitrogens with one attached hydrogen (secondary N) is 1. The second-order valence-electron chi connectivity index (χ2n) is 10.9. The van der Waals surface area contributed by atoms with Gasteiger partial charge in [0.05, 0.1) is 22.1 Å². The van der Waals surface area contributed by atoms with Gasteiger partial charge >= 0.3 is 11.9 Å². The molecule has 0 aromatic heterocycles. The van der Waals surface area contributed by atoms with Crippen molar-refractivity contribution in [1.29, 1.82) is 0 Å². The number of benzene rings is 4. The number of anilines is 1. The van der Waals surface area contributed by atoms with Crippen molar-refractivity contribution in [2.45, 2.75) is 29.6 Å². The number of carboxylic acid groups (broad SMARTS) is 1. The highest BCUT2D eigenvalue weighted by molar-refractivity contribution is 14.1. The number of morpholine rings is 1. The van der Waals surface area contributed by atoms with Gasteiger partial charge in [0.15, 0.2) is 0 Å². The summed E-state index contributed by atoms with van der Waals surface area (Å²) in [6, 6.07) is 26.5. The number of halogens is 3. The molecule has 4 aromatic rings. The lowest BCUT2D eigenvalue weighted by Crippen LogP contribution is -2.52. The van der Waals surface area contributed by atoms with E-state index in [4.69, 9.17) is 27.9 Å². The van der Waals surface area contributed by atoms with E-state index in [2.05, 4.69) is 27.9 Å². The van der Waals surface area contributed by atoms with Gasteiger partial charge in [-0.25, -0.2) is 0 Å². The summed E-state index contributed by atoms with van der Waals surface area (Å²) in [7, 11) is 0. The summed E-state index contributed by atoms with van der Waals surface area (Å²) >= 11 is 15.1. The number of amides is 1. The van der Waals surface area contributed by atoms with Crippen LogP contribution in [0.2, 0.25) is 10.0 Å². The number of carbonyl (C=O) groups is 3. The Morgan fingerprint density at radius 2 is 1.51 bits per heavy atom. The van der Waals surface area contributed by atoms with Crippen LogP contribution in [0.3, 0.4) is 0 Å². The molecular formula is C33H23Cl2IN2O5. The van der Waals surface area contributed by atoms with Crippen molar-refractivity contribution in [1.82, 2.24) is 4.90 Å². The molecule has 2 fully saturated rings. The molecule has 7 rings (SSSR count). The largest absolute Gasteiger partial charge is 0.481 e. The van der Waals surface area contributed by atoms with Gasteiger partial charge in [-0.05, 0) is 75.2 Å². The second-order valence-corrected chi connectivity index (χ2v) is 13.0. The van der Waals surface area contributed by atoms with Gasteiger partial charge in [-0.1, -0.05) is 89.9 Å². The van der Waals surface area contributed by atoms with E-state index in [-0.39, 0.29) is 5.02 Å². The van der Waals surface area contributed by atoms with Crippen molar-refractivity contribution in [2.24, 2.45) is 5.92 Å². The molecule has 10 heteroatoms. The molecule has 3 heterocycles. The first kappa shape index (κ1) is 28.3. The van der Waals surface area contributed by atoms with Crippen molar-refractivity contribution >= 4 is 69.3 Å². The number of aliphatic carboxylic acids is 1. The quantitative estimate of drug-likeness (QED) is 0.175. The zero-order chi connectivity index (χ0) is 30.0. The van der Waals surface area contributed by atoms with Crippen LogP contribution in [-0.4, -0.2) is 33.9 Å². The fourth-order valence-corrected chi connectivity index (χ4v) is 8.03. The first-order valence-electron chi connectivity index (χ1n) is 13.6. The third-order valence-electron chi connectivity index (χ3n) is 8.80. The van der Waals surface area contributed by atoms with Gasteiger partial charge in [-0.15, -0.1) is 0 Å². The molecule has 0 aliphatic carbocycles. The maximum absolute atomic E-state index is 14.4. The van der Waals surface area contributed by atoms with Crippen molar-refractivity contribution in [2.75, 3.05) is 5.32 Å². The minimum absolute atomic E-state index is 0.251. The summed E-state index contributed by atoms with van der Waals surface area (Å²) in [4.78, 5) is 43.9. The number of hydrogen-bond acceptors (Lipinski definition) is 5. The summed E-state index contributed by atoms with van der Waals surface area (Å²) in [6.07, 6.45) is -0.790. The molecule has 216 valence electrons. The molecule has 0 saturated carbocycles. The topological polar surface area (TPSA) is 95.9 Å². The molecule has 1 amide bonds. The Morgan fingerprint density at radius 1 is 0.837 bits per heavy atom. The fraction of sp³-hybridized carbons (Fsp3) is 0.182. The molecule has 2 saturated heterocycles. The van der Waals surface area contributed by atoms with Crippen LogP contribution < -0.4 is 5.32 Å². The first-order chi connectivity index (χ1) is 20.7. The SMILES string of the molecule is O=C1O[C@H](c2ccccc2)[C@H](c2ccccc2)N2C1[C@@H](C(=O)O)[C@]1(C(=O)Nc3ccc(I)cc31)[C@H]2c1ccc(Cl)c(Cl)c1. The number of hydrogen-bond donors (Lipinski definition) is 2. The number of cyclic esters (lactones) is 1. The lowest BCUT2D eigenvalue weighted by Gasteiger charge is -2.46. The summed E-state index contributed by atoms with van der Waals surface area (Å²) in [5, 5.41) is 14.5. The van der Waals surface area contributed by atoms with E-state index in [1.54, 1.807) is 24.3 Å². The van der Waals surface area contributed by atoms with Crippen LogP contribution in [0.4, 0.5) is 5.69 Å². The Kier molecular flexibility index (Phi) is 7.00. The van der Waals surface area contributed by atoms with Gasteiger partial charge in [-0.3, -0.25) is 19.3 Å². The van der Waals surface area contributed by atoms with E-state index in [0.29, 0.717) is 21.8 Å². The van der Waals surface area contributed by atoms with Crippen molar-refractivity contribution in [3.63, 3.8) is 0 Å². The second kappa shape index (κ2) is 10.6. The van der Waals surface area contributed by atoms with Crippen LogP contribution in [0, 0.1) is 9.49 Å². The number of fused-ring (bicyclic) bond motifs is 3. The molecule has 0 radical (unpaired) electrons. The third kappa shape index (κ3) is 4.22. The van der Waals surface area contributed by atoms with Gasteiger partial charge in [0.2, 0.25) is 5.91 Å². The highest BCUT2D eigenvalue weighted by Gasteiger charge is 2.74. The first-order valence-corrected chi connectivity index (χ1v) is 15.4. The van der Waals surface area contributed by atoms with Gasteiger partial charge in [0.25, 0.3) is 0 Å². The molecule has 2 N–H and O–H groups in total. The predicted octanol–water partition coefficient (Wildman–Crippen LogP) is 6.95. The highest BCUT2D eigenvalue weighted by Crippen LogP contribution is 2.65. The molecule has 3 aliphatic heterocycles. The predicted molar refractivity (Wildman–Crippen MR) is 170 cm³/mol. The lowest BCUT2D eigenvalue weighted by atomic mass is 9.65. The van der Waals surface area contributed by atoms with Crippen molar-refractivity contribution in [3.05, 3.63) is 133 Å². The maximum Gasteiger partial charge on any atom is 0.325 e. The number of esters is 1. The Balaban J connectivity index is 1.58. The number of rotatable bonds is 4. The van der Waals surface area contributed by atoms with E-state index < -0.39 is 53.4 Å². The number of nitrogens with zero attached hydrogens (tertiary/aromatic N) is 1. The lowest BCUT2D eigenvalue weighted by molar-refractivity contribution is -0.179. The van der Waals surface area contributed by atoms with Crippen LogP contribution in [0.15, 0.2) is 97.1 Å². The molecule has 43 heavy (non-hydrogen) atoms. The summed E-state index contributed by atoms with van der Waals surface area (Å²) in [5.41, 5.74) is 1.43. The van der Waals surface area contributed by atoms with E-state index in [1.165, 1.54) is 0 Å². The molecule has 6 atom stereocenters. The summed E-state index contributed by atoms with van der Waals surface area (Å²) < 4.78 is 7.00. The van der Waals surface area contributed by atoms with Crippen LogP contribution in [0.1, 0.15) is 40.4 Å². The third-order valence-corrected chi connectivity index (χ3v) is 10.2. The zero-order valence-corrected chi connectivity index (χ0v) is 26.0. The fourth-order valence-electron chi connectivity index (χ4n) is 7.23. The Morgan fingerprint density at radius 3 is 2.16 bits per heavy atom. The molecular weight excluding hydrogens is 702 g/mol. The molecule has 4 aromatic carbocycles. The van der Waals surface area contributed by atoms with E-state index in [9.17, 15) is 19.5 Å². The summed E-state index contributed by atoms with van der Waals surface area (Å²) in [5.74, 6) is -3.97. The number of ether oxygens (including phenoxy) is 1. The maximum atomic E-state index is 14.4. The van der Waals surface area contributed by atoms with Crippen LogP contribution in [0.25, 0.3) is 0 Å². The van der Waals surface area contributed by atoms with Crippen LogP contribution in [0.5, 0.6) is 0 Å². The molecule has 1 spiro atoms. The Hall–Kier alpha value is -3.44. The summed E-state index contributed by atoms with van der Waals surface area (Å²) in [6.45, 7) is 0. The highest BCUT2D eigenvalue weighted by atomic mass is 127. The molecule has 3 aliphatic rings. The number of carboxylic acids is 1.